The van der Waals surface area contributed by atoms with E-state index in [-0.39, 0.29) is 0 Å². The molecule has 1 fully saturated rings. The van der Waals surface area contributed by atoms with Crippen LogP contribution in [0.2, 0.25) is 0 Å². The zero-order chi connectivity index (χ0) is 15.3. The molecule has 1 aromatic rings. The van der Waals surface area contributed by atoms with Gasteiger partial charge in [0, 0.05) is 13.1 Å². The zero-order valence-corrected chi connectivity index (χ0v) is 12.4. The van der Waals surface area contributed by atoms with Crippen molar-refractivity contribution in [3.05, 3.63) is 35.4 Å². The number of halogens is 3. The summed E-state index contributed by atoms with van der Waals surface area (Å²) in [5.41, 5.74) is 0.187. The highest BCUT2D eigenvalue weighted by molar-refractivity contribution is 5.25. The first-order valence-electron chi connectivity index (χ1n) is 7.58. The molecule has 0 aromatic heterocycles. The van der Waals surface area contributed by atoms with E-state index in [0.717, 1.165) is 50.7 Å². The number of benzene rings is 1. The van der Waals surface area contributed by atoms with Crippen LogP contribution in [0, 0.1) is 5.92 Å². The summed E-state index contributed by atoms with van der Waals surface area (Å²) in [4.78, 5) is 2.24. The maximum Gasteiger partial charge on any atom is 0.416 e. The molecule has 0 bridgehead atoms. The normalized spacial score (nSPS) is 20.1. The Morgan fingerprint density at radius 2 is 2.14 bits per heavy atom. The number of rotatable bonds is 6. The lowest BCUT2D eigenvalue weighted by atomic mass is 10.1. The molecule has 0 aliphatic carbocycles. The second-order valence-electron chi connectivity index (χ2n) is 5.79. The van der Waals surface area contributed by atoms with Crippen LogP contribution >= 0.6 is 0 Å². The second kappa shape index (κ2) is 7.27. The van der Waals surface area contributed by atoms with Crippen LogP contribution in [0.1, 0.15) is 30.9 Å². The molecule has 0 spiro atoms. The van der Waals surface area contributed by atoms with Gasteiger partial charge >= 0.3 is 6.18 Å². The third-order valence-electron chi connectivity index (χ3n) is 3.89. The number of hydrogen-bond donors (Lipinski definition) is 1. The molecule has 21 heavy (non-hydrogen) atoms. The maximum absolute atomic E-state index is 12.7. The molecule has 1 unspecified atom stereocenters. The molecule has 1 saturated heterocycles. The number of likely N-dealkylation sites (tertiary alicyclic amines) is 1. The summed E-state index contributed by atoms with van der Waals surface area (Å²) in [6, 6.07) is 5.67. The fourth-order valence-electron chi connectivity index (χ4n) is 2.81. The SMILES string of the molecule is CCCNCC1CCN(Cc2cccc(C(F)(F)F)c2)C1. The third-order valence-corrected chi connectivity index (χ3v) is 3.89. The summed E-state index contributed by atoms with van der Waals surface area (Å²) >= 11 is 0. The van der Waals surface area contributed by atoms with Crippen molar-refractivity contribution in [3.8, 4) is 0 Å². The standard InChI is InChI=1S/C16H23F3N2/c1-2-7-20-10-14-6-8-21(12-14)11-13-4-3-5-15(9-13)16(17,18)19/h3-5,9,14,20H,2,6-8,10-12H2,1H3. The summed E-state index contributed by atoms with van der Waals surface area (Å²) in [6.45, 7) is 6.72. The largest absolute Gasteiger partial charge is 0.416 e. The average molecular weight is 300 g/mol. The van der Waals surface area contributed by atoms with E-state index in [1.54, 1.807) is 6.07 Å². The third kappa shape index (κ3) is 5.00. The van der Waals surface area contributed by atoms with Gasteiger partial charge in [0.05, 0.1) is 5.56 Å². The van der Waals surface area contributed by atoms with Crippen molar-refractivity contribution >= 4 is 0 Å². The van der Waals surface area contributed by atoms with Crippen molar-refractivity contribution in [1.29, 1.82) is 0 Å². The predicted octanol–water partition coefficient (Wildman–Crippen LogP) is 3.53. The van der Waals surface area contributed by atoms with Crippen LogP contribution in [-0.2, 0) is 12.7 Å². The van der Waals surface area contributed by atoms with Gasteiger partial charge in [0.25, 0.3) is 0 Å². The van der Waals surface area contributed by atoms with Gasteiger partial charge in [-0.25, -0.2) is 0 Å². The molecule has 0 saturated carbocycles. The van der Waals surface area contributed by atoms with Crippen molar-refractivity contribution in [2.24, 2.45) is 5.92 Å². The van der Waals surface area contributed by atoms with Crippen LogP contribution in [0.25, 0.3) is 0 Å². The van der Waals surface area contributed by atoms with Crippen molar-refractivity contribution in [3.63, 3.8) is 0 Å². The lowest BCUT2D eigenvalue weighted by molar-refractivity contribution is -0.137. The monoisotopic (exact) mass is 300 g/mol. The first-order valence-corrected chi connectivity index (χ1v) is 7.58. The van der Waals surface area contributed by atoms with E-state index in [9.17, 15) is 13.2 Å². The Labute approximate surface area is 124 Å². The van der Waals surface area contributed by atoms with Gasteiger partial charge in [-0.15, -0.1) is 0 Å². The summed E-state index contributed by atoms with van der Waals surface area (Å²) in [6.07, 6.45) is -2.01. The Kier molecular flexibility index (Phi) is 5.65. The van der Waals surface area contributed by atoms with Crippen LogP contribution < -0.4 is 5.32 Å². The summed E-state index contributed by atoms with van der Waals surface area (Å²) in [7, 11) is 0. The molecular formula is C16H23F3N2. The summed E-state index contributed by atoms with van der Waals surface area (Å²) in [5, 5.41) is 3.41. The van der Waals surface area contributed by atoms with E-state index in [0.29, 0.717) is 12.5 Å². The zero-order valence-electron chi connectivity index (χ0n) is 12.4. The molecule has 0 amide bonds. The Bertz CT molecular complexity index is 445. The van der Waals surface area contributed by atoms with Gasteiger partial charge in [-0.1, -0.05) is 25.1 Å². The van der Waals surface area contributed by atoms with Gasteiger partial charge in [0.1, 0.15) is 0 Å². The van der Waals surface area contributed by atoms with Gasteiger partial charge in [-0.05, 0) is 50.0 Å². The molecule has 1 aliphatic heterocycles. The minimum atomic E-state index is -4.26. The molecule has 118 valence electrons. The van der Waals surface area contributed by atoms with E-state index >= 15 is 0 Å². The lowest BCUT2D eigenvalue weighted by Crippen LogP contribution is -2.26. The number of alkyl halides is 3. The summed E-state index contributed by atoms with van der Waals surface area (Å²) < 4.78 is 38.1. The fourth-order valence-corrected chi connectivity index (χ4v) is 2.81. The molecule has 1 heterocycles. The van der Waals surface area contributed by atoms with Gasteiger partial charge in [0.2, 0.25) is 0 Å². The number of nitrogens with one attached hydrogen (secondary N) is 1. The Morgan fingerprint density at radius 1 is 1.33 bits per heavy atom. The predicted molar refractivity (Wildman–Crippen MR) is 78.0 cm³/mol. The van der Waals surface area contributed by atoms with E-state index < -0.39 is 11.7 Å². The first kappa shape index (κ1) is 16.3. The number of nitrogens with zero attached hydrogens (tertiary/aromatic N) is 1. The van der Waals surface area contributed by atoms with Gasteiger partial charge in [-0.2, -0.15) is 13.2 Å². The van der Waals surface area contributed by atoms with Crippen LogP contribution in [0.3, 0.4) is 0 Å². The van der Waals surface area contributed by atoms with Gasteiger partial charge in [-0.3, -0.25) is 4.90 Å². The van der Waals surface area contributed by atoms with Crippen molar-refractivity contribution in [2.75, 3.05) is 26.2 Å². The quantitative estimate of drug-likeness (QED) is 0.809. The molecule has 0 radical (unpaired) electrons. The summed E-state index contributed by atoms with van der Waals surface area (Å²) in [5.74, 6) is 0.613. The van der Waals surface area contributed by atoms with E-state index in [1.807, 2.05) is 0 Å². The molecular weight excluding hydrogens is 277 g/mol. The van der Waals surface area contributed by atoms with Crippen LogP contribution in [-0.4, -0.2) is 31.1 Å². The van der Waals surface area contributed by atoms with Crippen LogP contribution in [0.15, 0.2) is 24.3 Å². The second-order valence-corrected chi connectivity index (χ2v) is 5.79. The van der Waals surface area contributed by atoms with Gasteiger partial charge < -0.3 is 5.32 Å². The fraction of sp³-hybridized carbons (Fsp3) is 0.625. The molecule has 1 aliphatic rings. The highest BCUT2D eigenvalue weighted by Crippen LogP contribution is 2.30. The van der Waals surface area contributed by atoms with Crippen LogP contribution in [0.4, 0.5) is 13.2 Å². The number of hydrogen-bond acceptors (Lipinski definition) is 2. The molecule has 1 atom stereocenters. The first-order chi connectivity index (χ1) is 9.99. The lowest BCUT2D eigenvalue weighted by Gasteiger charge is -2.17. The molecule has 1 N–H and O–H groups in total. The van der Waals surface area contributed by atoms with E-state index in [4.69, 9.17) is 0 Å². The van der Waals surface area contributed by atoms with Crippen LogP contribution in [0.5, 0.6) is 0 Å². The van der Waals surface area contributed by atoms with Gasteiger partial charge in [0.15, 0.2) is 0 Å². The van der Waals surface area contributed by atoms with E-state index in [2.05, 4.69) is 17.1 Å². The maximum atomic E-state index is 12.7. The Morgan fingerprint density at radius 3 is 2.86 bits per heavy atom. The molecule has 2 nitrogen and oxygen atoms in total. The molecule has 1 aromatic carbocycles. The Hall–Kier alpha value is -1.07. The topological polar surface area (TPSA) is 15.3 Å². The van der Waals surface area contributed by atoms with Crippen molar-refractivity contribution in [2.45, 2.75) is 32.5 Å². The van der Waals surface area contributed by atoms with Crippen molar-refractivity contribution in [1.82, 2.24) is 10.2 Å². The minimum Gasteiger partial charge on any atom is -0.316 e. The minimum absolute atomic E-state index is 0.555. The van der Waals surface area contributed by atoms with E-state index in [1.165, 1.54) is 12.1 Å². The van der Waals surface area contributed by atoms with Crippen molar-refractivity contribution < 1.29 is 13.2 Å². The molecule has 5 heteroatoms. The average Bonchev–Trinajstić information content (AvgIpc) is 2.86. The highest BCUT2D eigenvalue weighted by Gasteiger charge is 2.30. The smallest absolute Gasteiger partial charge is 0.316 e. The Balaban J connectivity index is 1.86. The highest BCUT2D eigenvalue weighted by atomic mass is 19.4. The molecule has 2 rings (SSSR count).